The van der Waals surface area contributed by atoms with Crippen LogP contribution in [0.2, 0.25) is 0 Å². The fraction of sp³-hybridized carbons (Fsp3) is 0.208. The van der Waals surface area contributed by atoms with Gasteiger partial charge in [-0.25, -0.2) is 4.79 Å². The van der Waals surface area contributed by atoms with Crippen LogP contribution in [0.15, 0.2) is 76.8 Å². The third-order valence-electron chi connectivity index (χ3n) is 5.30. The second-order valence-corrected chi connectivity index (χ2v) is 7.47. The van der Waals surface area contributed by atoms with Crippen molar-refractivity contribution in [2.24, 2.45) is 0 Å². The van der Waals surface area contributed by atoms with Gasteiger partial charge in [0.25, 0.3) is 5.56 Å². The third-order valence-corrected chi connectivity index (χ3v) is 5.30. The first-order valence-corrected chi connectivity index (χ1v) is 10.5. The van der Waals surface area contributed by atoms with Crippen molar-refractivity contribution in [1.29, 1.82) is 0 Å². The van der Waals surface area contributed by atoms with Crippen molar-refractivity contribution in [3.63, 3.8) is 0 Å². The molecule has 0 saturated carbocycles. The molecule has 0 aliphatic rings. The molecule has 1 N–H and O–H groups in total. The molecule has 0 aliphatic carbocycles. The van der Waals surface area contributed by atoms with Crippen LogP contribution >= 0.6 is 0 Å². The van der Waals surface area contributed by atoms with Gasteiger partial charge in [0, 0.05) is 23.9 Å². The number of H-pyrrole nitrogens is 1. The highest BCUT2D eigenvalue weighted by atomic mass is 16.2. The summed E-state index contributed by atoms with van der Waals surface area (Å²) >= 11 is 0. The van der Waals surface area contributed by atoms with E-state index in [1.807, 2.05) is 55.5 Å². The number of nitrogens with one attached hydrogen (secondary N) is 1. The molecular formula is C24H24N6O2. The number of hydrogen-bond donors (Lipinski definition) is 1. The monoisotopic (exact) mass is 428 g/mol. The number of aryl methyl sites for hydroxylation is 1. The molecule has 0 unspecified atom stereocenters. The molecule has 0 spiro atoms. The molecule has 162 valence electrons. The third kappa shape index (κ3) is 4.20. The van der Waals surface area contributed by atoms with E-state index in [1.165, 1.54) is 4.57 Å². The lowest BCUT2D eigenvalue weighted by molar-refractivity contribution is 0.587. The Kier molecular flexibility index (Phi) is 6.21. The Balaban J connectivity index is 1.69. The predicted molar refractivity (Wildman–Crippen MR) is 123 cm³/mol. The molecule has 8 heteroatoms. The second kappa shape index (κ2) is 9.38. The fourth-order valence-corrected chi connectivity index (χ4v) is 3.77. The normalized spacial score (nSPS) is 10.9. The van der Waals surface area contributed by atoms with Crippen LogP contribution in [0.3, 0.4) is 0 Å². The van der Waals surface area contributed by atoms with E-state index in [4.69, 9.17) is 0 Å². The maximum atomic E-state index is 13.0. The van der Waals surface area contributed by atoms with Gasteiger partial charge in [-0.15, -0.1) is 16.8 Å². The minimum absolute atomic E-state index is 0.190. The largest absolute Gasteiger partial charge is 0.331 e. The molecule has 0 saturated heterocycles. The summed E-state index contributed by atoms with van der Waals surface area (Å²) in [6, 6.07) is 17.4. The topological polar surface area (TPSA) is 98.5 Å². The summed E-state index contributed by atoms with van der Waals surface area (Å²) in [5, 5.41) is 14.3. The van der Waals surface area contributed by atoms with Gasteiger partial charge in [-0.1, -0.05) is 68.0 Å². The summed E-state index contributed by atoms with van der Waals surface area (Å²) < 4.78 is 2.89. The highest BCUT2D eigenvalue weighted by Crippen LogP contribution is 2.29. The lowest BCUT2D eigenvalue weighted by Crippen LogP contribution is -2.41. The first-order chi connectivity index (χ1) is 15.6. The Morgan fingerprint density at radius 3 is 2.44 bits per heavy atom. The Morgan fingerprint density at radius 2 is 1.78 bits per heavy atom. The van der Waals surface area contributed by atoms with Gasteiger partial charge in [-0.3, -0.25) is 13.9 Å². The first-order valence-electron chi connectivity index (χ1n) is 10.5. The number of tetrazole rings is 1. The van der Waals surface area contributed by atoms with Crippen LogP contribution < -0.4 is 11.2 Å². The van der Waals surface area contributed by atoms with Crippen LogP contribution in [0, 0.1) is 0 Å². The van der Waals surface area contributed by atoms with E-state index in [0.717, 1.165) is 34.4 Å². The van der Waals surface area contributed by atoms with Crippen molar-refractivity contribution in [1.82, 2.24) is 29.8 Å². The van der Waals surface area contributed by atoms with Crippen LogP contribution in [0.4, 0.5) is 0 Å². The SMILES string of the molecule is C=CCn1c(=O)cc(CCC)n(Cc2ccc(-c3ccccc3-c3nn[nH]n3)cc2)c1=O. The molecule has 4 rings (SSSR count). The Bertz CT molecular complexity index is 1330. The van der Waals surface area contributed by atoms with Gasteiger partial charge in [0.05, 0.1) is 6.54 Å². The van der Waals surface area contributed by atoms with E-state index in [-0.39, 0.29) is 17.8 Å². The Hall–Kier alpha value is -4.07. The molecule has 4 aromatic rings. The lowest BCUT2D eigenvalue weighted by atomic mass is 9.98. The first kappa shape index (κ1) is 21.2. The van der Waals surface area contributed by atoms with Crippen molar-refractivity contribution >= 4 is 0 Å². The van der Waals surface area contributed by atoms with E-state index in [0.29, 0.717) is 18.8 Å². The molecule has 8 nitrogen and oxygen atoms in total. The van der Waals surface area contributed by atoms with Gasteiger partial charge < -0.3 is 0 Å². The van der Waals surface area contributed by atoms with Crippen LogP contribution in [0.5, 0.6) is 0 Å². The maximum absolute atomic E-state index is 13.0. The van der Waals surface area contributed by atoms with Crippen molar-refractivity contribution < 1.29 is 0 Å². The number of nitrogens with zero attached hydrogens (tertiary/aromatic N) is 5. The highest BCUT2D eigenvalue weighted by Gasteiger charge is 2.13. The highest BCUT2D eigenvalue weighted by molar-refractivity contribution is 5.80. The summed E-state index contributed by atoms with van der Waals surface area (Å²) in [4.78, 5) is 25.3. The number of hydrogen-bond acceptors (Lipinski definition) is 5. The molecule has 0 radical (unpaired) electrons. The van der Waals surface area contributed by atoms with E-state index in [9.17, 15) is 9.59 Å². The second-order valence-electron chi connectivity index (χ2n) is 7.47. The summed E-state index contributed by atoms with van der Waals surface area (Å²) in [7, 11) is 0. The van der Waals surface area contributed by atoms with Gasteiger partial charge in [0.15, 0.2) is 0 Å². The molecule has 0 aliphatic heterocycles. The van der Waals surface area contributed by atoms with Crippen LogP contribution in [-0.2, 0) is 19.5 Å². The summed E-state index contributed by atoms with van der Waals surface area (Å²) in [6.45, 7) is 6.26. The van der Waals surface area contributed by atoms with Gasteiger partial charge in [-0.2, -0.15) is 5.21 Å². The fourth-order valence-electron chi connectivity index (χ4n) is 3.77. The molecule has 0 fully saturated rings. The number of rotatable bonds is 8. The minimum Gasteiger partial charge on any atom is -0.293 e. The van der Waals surface area contributed by atoms with Gasteiger partial charge in [0.2, 0.25) is 5.82 Å². The number of aromatic nitrogens is 6. The van der Waals surface area contributed by atoms with Gasteiger partial charge in [-0.05, 0) is 28.3 Å². The van der Waals surface area contributed by atoms with Gasteiger partial charge >= 0.3 is 5.69 Å². The van der Waals surface area contributed by atoms with Crippen molar-refractivity contribution in [2.45, 2.75) is 32.9 Å². The van der Waals surface area contributed by atoms with E-state index < -0.39 is 0 Å². The standard InChI is InChI=1S/C24H24N6O2/c1-3-7-19-15-22(31)29(14-4-2)24(32)30(19)16-17-10-12-18(13-11-17)20-8-5-6-9-21(20)23-25-27-28-26-23/h4-6,8-13,15H,2-3,7,14,16H2,1H3,(H,25,26,27,28). The molecule has 2 aromatic carbocycles. The maximum Gasteiger partial charge on any atom is 0.331 e. The van der Waals surface area contributed by atoms with Crippen LogP contribution in [-0.4, -0.2) is 29.8 Å². The van der Waals surface area contributed by atoms with E-state index >= 15 is 0 Å². The minimum atomic E-state index is -0.313. The number of allylic oxidation sites excluding steroid dienone is 1. The van der Waals surface area contributed by atoms with Crippen molar-refractivity contribution in [3.8, 4) is 22.5 Å². The molecule has 0 amide bonds. The van der Waals surface area contributed by atoms with Crippen molar-refractivity contribution in [2.75, 3.05) is 0 Å². The lowest BCUT2D eigenvalue weighted by Gasteiger charge is -2.15. The predicted octanol–water partition coefficient (Wildman–Crippen LogP) is 3.04. The quantitative estimate of drug-likeness (QED) is 0.435. The molecular weight excluding hydrogens is 404 g/mol. The van der Waals surface area contributed by atoms with Crippen LogP contribution in [0.1, 0.15) is 24.6 Å². The van der Waals surface area contributed by atoms with Crippen molar-refractivity contribution in [3.05, 3.63) is 99.3 Å². The summed E-state index contributed by atoms with van der Waals surface area (Å²) in [5.41, 5.74) is 3.99. The van der Waals surface area contributed by atoms with Gasteiger partial charge in [0.1, 0.15) is 0 Å². The zero-order valence-corrected chi connectivity index (χ0v) is 17.9. The average molecular weight is 428 g/mol. The molecule has 2 aromatic heterocycles. The Labute approximate surface area is 184 Å². The van der Waals surface area contributed by atoms with Crippen LogP contribution in [0.25, 0.3) is 22.5 Å². The summed E-state index contributed by atoms with van der Waals surface area (Å²) in [6.07, 6.45) is 3.06. The molecule has 2 heterocycles. The van der Waals surface area contributed by atoms with E-state index in [1.54, 1.807) is 16.7 Å². The smallest absolute Gasteiger partial charge is 0.293 e. The Morgan fingerprint density at radius 1 is 1.03 bits per heavy atom. The summed E-state index contributed by atoms with van der Waals surface area (Å²) in [5.74, 6) is 0.532. The zero-order valence-electron chi connectivity index (χ0n) is 17.9. The molecule has 0 atom stereocenters. The zero-order chi connectivity index (χ0) is 22.5. The number of aromatic amines is 1. The average Bonchev–Trinajstić information content (AvgIpc) is 3.35. The molecule has 0 bridgehead atoms. The molecule has 32 heavy (non-hydrogen) atoms. The van der Waals surface area contributed by atoms with E-state index in [2.05, 4.69) is 27.2 Å². The number of benzene rings is 2.